The third kappa shape index (κ3) is 5.72. The van der Waals surface area contributed by atoms with Crippen LogP contribution in [0.1, 0.15) is 61.7 Å². The zero-order valence-corrected chi connectivity index (χ0v) is 19.6. The van der Waals surface area contributed by atoms with Crippen LogP contribution in [0.3, 0.4) is 0 Å². The maximum absolute atomic E-state index is 13.4. The van der Waals surface area contributed by atoms with Crippen molar-refractivity contribution in [1.29, 1.82) is 0 Å². The van der Waals surface area contributed by atoms with Crippen molar-refractivity contribution in [3.05, 3.63) is 47.0 Å². The van der Waals surface area contributed by atoms with Gasteiger partial charge in [0.05, 0.1) is 23.8 Å². The summed E-state index contributed by atoms with van der Waals surface area (Å²) in [5, 5.41) is 3.15. The maximum atomic E-state index is 13.4. The average Bonchev–Trinajstić information content (AvgIpc) is 3.36. The van der Waals surface area contributed by atoms with Gasteiger partial charge in [-0.05, 0) is 44.0 Å². The van der Waals surface area contributed by atoms with Crippen LogP contribution in [0, 0.1) is 0 Å². The first-order valence-corrected chi connectivity index (χ1v) is 11.5. The first-order chi connectivity index (χ1) is 16.0. The number of carbonyl (C=O) groups is 1. The van der Waals surface area contributed by atoms with Gasteiger partial charge in [0.1, 0.15) is 18.1 Å². The number of alkyl halides is 3. The summed E-state index contributed by atoms with van der Waals surface area (Å²) in [5.41, 5.74) is -1.53. The van der Waals surface area contributed by atoms with Gasteiger partial charge < -0.3 is 19.2 Å². The smallest absolute Gasteiger partial charge is 0.416 e. The molecular weight excluding hydrogens is 451 g/mol. The first kappa shape index (κ1) is 24.5. The Morgan fingerprint density at radius 3 is 2.62 bits per heavy atom. The molecule has 3 heterocycles. The minimum absolute atomic E-state index is 0.0226. The van der Waals surface area contributed by atoms with E-state index in [9.17, 15) is 18.0 Å². The van der Waals surface area contributed by atoms with E-state index in [1.54, 1.807) is 10.8 Å². The maximum Gasteiger partial charge on any atom is 0.416 e. The van der Waals surface area contributed by atoms with Crippen molar-refractivity contribution in [3.63, 3.8) is 0 Å². The lowest BCUT2D eigenvalue weighted by atomic mass is 9.94. The van der Waals surface area contributed by atoms with Crippen molar-refractivity contribution in [2.24, 2.45) is 4.99 Å². The molecule has 2 fully saturated rings. The van der Waals surface area contributed by atoms with Gasteiger partial charge in [-0.2, -0.15) is 18.2 Å². The van der Waals surface area contributed by atoms with Crippen LogP contribution in [0.4, 0.5) is 13.2 Å². The molecule has 1 amide bonds. The van der Waals surface area contributed by atoms with E-state index >= 15 is 0 Å². The van der Waals surface area contributed by atoms with Gasteiger partial charge in [-0.3, -0.25) is 9.36 Å². The van der Waals surface area contributed by atoms with Gasteiger partial charge >= 0.3 is 11.9 Å². The van der Waals surface area contributed by atoms with Crippen LogP contribution < -0.4 is 15.7 Å². The number of ether oxygens (including phenoxy) is 2. The molecule has 7 nitrogen and oxygen atoms in total. The summed E-state index contributed by atoms with van der Waals surface area (Å²) in [6, 6.07) is 2.97. The van der Waals surface area contributed by atoms with Crippen molar-refractivity contribution in [2.45, 2.75) is 70.3 Å². The molecule has 186 valence electrons. The molecule has 1 N–H and O–H groups in total. The van der Waals surface area contributed by atoms with E-state index in [1.807, 2.05) is 20.8 Å². The van der Waals surface area contributed by atoms with Crippen LogP contribution in [0.2, 0.25) is 0 Å². The molecular formula is C24H30F3N3O4. The van der Waals surface area contributed by atoms with Crippen molar-refractivity contribution in [1.82, 2.24) is 9.88 Å². The van der Waals surface area contributed by atoms with E-state index in [1.165, 1.54) is 6.07 Å². The summed E-state index contributed by atoms with van der Waals surface area (Å²) >= 11 is 0. The fourth-order valence-corrected chi connectivity index (χ4v) is 3.78. The van der Waals surface area contributed by atoms with E-state index in [-0.39, 0.29) is 41.2 Å². The number of hydrogen-bond donors (Lipinski definition) is 1. The number of nitrogens with one attached hydrogen (secondary N) is 1. The minimum atomic E-state index is -4.60. The van der Waals surface area contributed by atoms with Crippen LogP contribution in [-0.2, 0) is 22.9 Å². The molecule has 0 unspecified atom stereocenters. The van der Waals surface area contributed by atoms with E-state index in [2.05, 4.69) is 10.3 Å². The molecule has 2 aromatic rings. The lowest BCUT2D eigenvalue weighted by molar-refractivity contribution is -0.137. The Kier molecular flexibility index (Phi) is 6.91. The second kappa shape index (κ2) is 9.58. The van der Waals surface area contributed by atoms with Crippen LogP contribution >= 0.6 is 0 Å². The van der Waals surface area contributed by atoms with Crippen molar-refractivity contribution < 1.29 is 31.9 Å². The summed E-state index contributed by atoms with van der Waals surface area (Å²) in [6.45, 7) is 8.09. The molecule has 1 aromatic heterocycles. The lowest BCUT2D eigenvalue weighted by Gasteiger charge is -2.27. The lowest BCUT2D eigenvalue weighted by Crippen LogP contribution is -2.46. The molecule has 4 rings (SSSR count). The monoisotopic (exact) mass is 481 g/mol. The molecule has 0 bridgehead atoms. The van der Waals surface area contributed by atoms with Crippen molar-refractivity contribution in [2.75, 3.05) is 19.8 Å². The largest absolute Gasteiger partial charge is 0.491 e. The fourth-order valence-electron chi connectivity index (χ4n) is 3.78. The highest BCUT2D eigenvalue weighted by molar-refractivity contribution is 5.97. The molecule has 2 atom stereocenters. The molecule has 0 saturated carbocycles. The number of nitrogens with zero attached hydrogens (tertiary/aromatic N) is 2. The zero-order chi connectivity index (χ0) is 24.5. The SMILES string of the molecule is CC(C)(C)c1cn(C[C@H]2CCCO2)/c(=N/C(=O)c2cc(C(F)(F)F)ccc2OC[C@@H]2CCN2)o1. The van der Waals surface area contributed by atoms with Gasteiger partial charge in [0.2, 0.25) is 0 Å². The van der Waals surface area contributed by atoms with Crippen LogP contribution in [0.5, 0.6) is 5.75 Å². The van der Waals surface area contributed by atoms with Gasteiger partial charge in [-0.25, -0.2) is 0 Å². The van der Waals surface area contributed by atoms with Gasteiger partial charge in [0, 0.05) is 24.3 Å². The van der Waals surface area contributed by atoms with Crippen LogP contribution in [-0.4, -0.2) is 42.4 Å². The molecule has 0 radical (unpaired) electrons. The Bertz CT molecular complexity index is 1090. The Morgan fingerprint density at radius 2 is 2.03 bits per heavy atom. The highest BCUT2D eigenvalue weighted by atomic mass is 19.4. The van der Waals surface area contributed by atoms with E-state index in [0.29, 0.717) is 18.9 Å². The third-order valence-corrected chi connectivity index (χ3v) is 5.98. The number of halogens is 3. The molecule has 2 saturated heterocycles. The molecule has 1 aromatic carbocycles. The molecule has 2 aliphatic rings. The number of carbonyl (C=O) groups excluding carboxylic acids is 1. The number of benzene rings is 1. The second-order valence-corrected chi connectivity index (χ2v) is 9.79. The molecule has 0 spiro atoms. The predicted octanol–water partition coefficient (Wildman–Crippen LogP) is 4.06. The van der Waals surface area contributed by atoms with Crippen molar-refractivity contribution in [3.8, 4) is 5.75 Å². The molecule has 0 aliphatic carbocycles. The highest BCUT2D eigenvalue weighted by Crippen LogP contribution is 2.33. The molecule has 10 heteroatoms. The summed E-state index contributed by atoms with van der Waals surface area (Å²) in [7, 11) is 0. The Labute approximate surface area is 196 Å². The van der Waals surface area contributed by atoms with E-state index in [0.717, 1.165) is 37.9 Å². The number of hydrogen-bond acceptors (Lipinski definition) is 5. The second-order valence-electron chi connectivity index (χ2n) is 9.79. The van der Waals surface area contributed by atoms with Crippen LogP contribution in [0.25, 0.3) is 0 Å². The fraction of sp³-hybridized carbons (Fsp3) is 0.583. The Morgan fingerprint density at radius 1 is 1.26 bits per heavy atom. The van der Waals surface area contributed by atoms with E-state index in [4.69, 9.17) is 13.9 Å². The summed E-state index contributed by atoms with van der Waals surface area (Å²) in [6.07, 6.45) is -0.146. The summed E-state index contributed by atoms with van der Waals surface area (Å²) in [5.74, 6) is -0.198. The van der Waals surface area contributed by atoms with Crippen LogP contribution in [0.15, 0.2) is 33.8 Å². The average molecular weight is 482 g/mol. The van der Waals surface area contributed by atoms with Gasteiger partial charge in [-0.1, -0.05) is 20.8 Å². The molecule has 2 aliphatic heterocycles. The minimum Gasteiger partial charge on any atom is -0.491 e. The Hall–Kier alpha value is -2.59. The topological polar surface area (TPSA) is 78.0 Å². The quantitative estimate of drug-likeness (QED) is 0.674. The Balaban J connectivity index is 1.70. The van der Waals surface area contributed by atoms with Gasteiger partial charge in [0.15, 0.2) is 0 Å². The van der Waals surface area contributed by atoms with Gasteiger partial charge in [-0.15, -0.1) is 0 Å². The van der Waals surface area contributed by atoms with Crippen molar-refractivity contribution >= 4 is 5.91 Å². The molecule has 34 heavy (non-hydrogen) atoms. The summed E-state index contributed by atoms with van der Waals surface area (Å²) in [4.78, 5) is 17.2. The third-order valence-electron chi connectivity index (χ3n) is 5.98. The number of amides is 1. The number of rotatable bonds is 6. The van der Waals surface area contributed by atoms with E-state index < -0.39 is 17.6 Å². The first-order valence-electron chi connectivity index (χ1n) is 11.5. The normalized spacial score (nSPS) is 21.5. The number of aromatic nitrogens is 1. The van der Waals surface area contributed by atoms with Gasteiger partial charge in [0.25, 0.3) is 5.91 Å². The predicted molar refractivity (Wildman–Crippen MR) is 118 cm³/mol. The zero-order valence-electron chi connectivity index (χ0n) is 19.6. The summed E-state index contributed by atoms with van der Waals surface area (Å²) < 4.78 is 59.1. The standard InChI is InChI=1S/C24H30F3N3O4/c1-23(2,3)20-13-30(12-17-5-4-10-32-17)22(34-20)29-21(31)18-11-15(24(25,26)27)6-7-19(18)33-14-16-8-9-28-16/h6-7,11,13,16-17,28H,4-5,8-10,12,14H2,1-3H3/b29-22-/t16-,17+/m0/s1. The number of oxazole rings is 1. The highest BCUT2D eigenvalue weighted by Gasteiger charge is 2.32.